The molecule has 0 aliphatic heterocycles. The molecule has 88 valence electrons. The molecule has 6 heteroatoms. The molecule has 0 bridgehead atoms. The number of aromatic nitrogens is 2. The number of halogens is 1. The number of nitrogens with zero attached hydrogens (tertiary/aromatic N) is 3. The normalized spacial score (nSPS) is 11.3. The summed E-state index contributed by atoms with van der Waals surface area (Å²) in [4.78, 5) is 20.8. The fourth-order valence-corrected chi connectivity index (χ4v) is 1.49. The van der Waals surface area contributed by atoms with Gasteiger partial charge in [0.1, 0.15) is 12.0 Å². The van der Waals surface area contributed by atoms with Crippen LogP contribution in [0.15, 0.2) is 12.5 Å². The number of hydrogen-bond donors (Lipinski definition) is 1. The van der Waals surface area contributed by atoms with Crippen molar-refractivity contribution in [1.82, 2.24) is 14.9 Å². The minimum absolute atomic E-state index is 0.142. The van der Waals surface area contributed by atoms with Gasteiger partial charge in [-0.15, -0.1) is 0 Å². The van der Waals surface area contributed by atoms with Crippen molar-refractivity contribution in [2.75, 3.05) is 13.6 Å². The maximum absolute atomic E-state index is 11.9. The highest BCUT2D eigenvalue weighted by atomic mass is 35.5. The summed E-state index contributed by atoms with van der Waals surface area (Å²) in [5, 5.41) is 9.80. The highest BCUT2D eigenvalue weighted by molar-refractivity contribution is 6.33. The second-order valence-electron chi connectivity index (χ2n) is 4.19. The van der Waals surface area contributed by atoms with E-state index in [2.05, 4.69) is 9.97 Å². The van der Waals surface area contributed by atoms with Crippen molar-refractivity contribution in [2.45, 2.75) is 19.4 Å². The van der Waals surface area contributed by atoms with Crippen molar-refractivity contribution in [1.29, 1.82) is 0 Å². The summed E-state index contributed by atoms with van der Waals surface area (Å²) in [6.45, 7) is 3.45. The van der Waals surface area contributed by atoms with Crippen molar-refractivity contribution in [3.63, 3.8) is 0 Å². The standard InChI is InChI=1S/C10H14ClN3O2/c1-10(2,16)5-14(3)9(15)8-7(11)4-12-6-13-8/h4,6,16H,5H2,1-3H3. The molecule has 1 N–H and O–H groups in total. The van der Waals surface area contributed by atoms with E-state index in [0.717, 1.165) is 0 Å². The summed E-state index contributed by atoms with van der Waals surface area (Å²) in [5.74, 6) is -0.338. The molecule has 1 rings (SSSR count). The number of aliphatic hydroxyl groups is 1. The summed E-state index contributed by atoms with van der Waals surface area (Å²) in [6, 6.07) is 0. The van der Waals surface area contributed by atoms with Crippen LogP contribution in [0.25, 0.3) is 0 Å². The van der Waals surface area contributed by atoms with Gasteiger partial charge in [-0.2, -0.15) is 0 Å². The average Bonchev–Trinajstić information content (AvgIpc) is 2.15. The van der Waals surface area contributed by atoms with Crippen LogP contribution in [0.3, 0.4) is 0 Å². The van der Waals surface area contributed by atoms with Gasteiger partial charge in [0.15, 0.2) is 0 Å². The first-order chi connectivity index (χ1) is 7.31. The molecule has 0 unspecified atom stereocenters. The summed E-state index contributed by atoms with van der Waals surface area (Å²) < 4.78 is 0. The van der Waals surface area contributed by atoms with Gasteiger partial charge in [0.05, 0.1) is 10.6 Å². The molecule has 1 aromatic rings. The molecular weight excluding hydrogens is 230 g/mol. The summed E-state index contributed by atoms with van der Waals surface area (Å²) in [6.07, 6.45) is 2.62. The van der Waals surface area contributed by atoms with Crippen LogP contribution in [0.1, 0.15) is 24.3 Å². The Kier molecular flexibility index (Phi) is 3.83. The van der Waals surface area contributed by atoms with Gasteiger partial charge in [-0.1, -0.05) is 11.6 Å². The van der Waals surface area contributed by atoms with Gasteiger partial charge >= 0.3 is 0 Å². The number of amides is 1. The lowest BCUT2D eigenvalue weighted by molar-refractivity contribution is 0.0365. The lowest BCUT2D eigenvalue weighted by Gasteiger charge is -2.25. The Morgan fingerprint density at radius 2 is 2.25 bits per heavy atom. The van der Waals surface area contributed by atoms with E-state index in [0.29, 0.717) is 0 Å². The molecule has 5 nitrogen and oxygen atoms in total. The van der Waals surface area contributed by atoms with Crippen LogP contribution in [0.4, 0.5) is 0 Å². The highest BCUT2D eigenvalue weighted by Crippen LogP contribution is 2.14. The molecule has 0 spiro atoms. The van der Waals surface area contributed by atoms with E-state index in [1.54, 1.807) is 20.9 Å². The van der Waals surface area contributed by atoms with Gasteiger partial charge in [-0.25, -0.2) is 9.97 Å². The summed E-state index contributed by atoms with van der Waals surface area (Å²) >= 11 is 5.80. The first kappa shape index (κ1) is 12.9. The monoisotopic (exact) mass is 243 g/mol. The molecule has 0 aliphatic carbocycles. The fourth-order valence-electron chi connectivity index (χ4n) is 1.30. The van der Waals surface area contributed by atoms with Crippen molar-refractivity contribution < 1.29 is 9.90 Å². The first-order valence-corrected chi connectivity index (χ1v) is 5.12. The third-order valence-electron chi connectivity index (χ3n) is 1.84. The molecule has 0 fully saturated rings. The zero-order chi connectivity index (χ0) is 12.3. The second kappa shape index (κ2) is 4.76. The average molecular weight is 244 g/mol. The molecule has 1 amide bonds. The Morgan fingerprint density at radius 1 is 1.62 bits per heavy atom. The van der Waals surface area contributed by atoms with E-state index < -0.39 is 5.60 Å². The van der Waals surface area contributed by atoms with Crippen LogP contribution < -0.4 is 0 Å². The Morgan fingerprint density at radius 3 is 2.75 bits per heavy atom. The summed E-state index contributed by atoms with van der Waals surface area (Å²) in [7, 11) is 1.58. The van der Waals surface area contributed by atoms with Crippen LogP contribution in [0.5, 0.6) is 0 Å². The number of carbonyl (C=O) groups is 1. The number of rotatable bonds is 3. The van der Waals surface area contributed by atoms with Gasteiger partial charge in [0.2, 0.25) is 0 Å². The molecule has 1 aromatic heterocycles. The SMILES string of the molecule is CN(CC(C)(C)O)C(=O)c1ncncc1Cl. The molecule has 0 saturated carbocycles. The fraction of sp³-hybridized carbons (Fsp3) is 0.500. The maximum Gasteiger partial charge on any atom is 0.273 e. The van der Waals surface area contributed by atoms with Crippen molar-refractivity contribution in [3.8, 4) is 0 Å². The first-order valence-electron chi connectivity index (χ1n) is 4.74. The minimum atomic E-state index is -0.954. The predicted molar refractivity (Wildman–Crippen MR) is 60.3 cm³/mol. The summed E-state index contributed by atoms with van der Waals surface area (Å²) in [5.41, 5.74) is -0.812. The minimum Gasteiger partial charge on any atom is -0.389 e. The third kappa shape index (κ3) is 3.43. The quantitative estimate of drug-likeness (QED) is 0.859. The molecule has 0 radical (unpaired) electrons. The van der Waals surface area contributed by atoms with E-state index in [1.807, 2.05) is 0 Å². The molecule has 0 aromatic carbocycles. The lowest BCUT2D eigenvalue weighted by Crippen LogP contribution is -2.40. The third-order valence-corrected chi connectivity index (χ3v) is 2.12. The zero-order valence-electron chi connectivity index (χ0n) is 9.44. The topological polar surface area (TPSA) is 66.3 Å². The maximum atomic E-state index is 11.9. The van der Waals surface area contributed by atoms with E-state index in [1.165, 1.54) is 17.4 Å². The van der Waals surface area contributed by atoms with Crippen LogP contribution in [-0.2, 0) is 0 Å². The van der Waals surface area contributed by atoms with Crippen LogP contribution >= 0.6 is 11.6 Å². The Balaban J connectivity index is 2.83. The Bertz CT molecular complexity index is 390. The molecule has 16 heavy (non-hydrogen) atoms. The van der Waals surface area contributed by atoms with Gasteiger partial charge in [-0.05, 0) is 13.8 Å². The van der Waals surface area contributed by atoms with E-state index in [-0.39, 0.29) is 23.2 Å². The van der Waals surface area contributed by atoms with Crippen molar-refractivity contribution in [2.24, 2.45) is 0 Å². The van der Waals surface area contributed by atoms with Crippen LogP contribution in [-0.4, -0.2) is 45.1 Å². The van der Waals surface area contributed by atoms with Gasteiger partial charge in [-0.3, -0.25) is 4.79 Å². The molecule has 0 aliphatic rings. The van der Waals surface area contributed by atoms with Gasteiger partial charge in [0.25, 0.3) is 5.91 Å². The lowest BCUT2D eigenvalue weighted by atomic mass is 10.1. The van der Waals surface area contributed by atoms with Crippen LogP contribution in [0.2, 0.25) is 5.02 Å². The smallest absolute Gasteiger partial charge is 0.273 e. The second-order valence-corrected chi connectivity index (χ2v) is 4.60. The largest absolute Gasteiger partial charge is 0.389 e. The predicted octanol–water partition coefficient (Wildman–Crippen LogP) is 0.973. The number of carbonyl (C=O) groups excluding carboxylic acids is 1. The van der Waals surface area contributed by atoms with E-state index in [9.17, 15) is 9.90 Å². The van der Waals surface area contributed by atoms with Gasteiger partial charge < -0.3 is 10.0 Å². The van der Waals surface area contributed by atoms with Crippen molar-refractivity contribution >= 4 is 17.5 Å². The Labute approximate surface area is 99.1 Å². The zero-order valence-corrected chi connectivity index (χ0v) is 10.2. The molecular formula is C10H14ClN3O2. The van der Waals surface area contributed by atoms with Crippen LogP contribution in [0, 0.1) is 0 Å². The number of hydrogen-bond acceptors (Lipinski definition) is 4. The molecule has 0 saturated heterocycles. The number of likely N-dealkylation sites (N-methyl/N-ethyl adjacent to an activating group) is 1. The van der Waals surface area contributed by atoms with Crippen molar-refractivity contribution in [3.05, 3.63) is 23.2 Å². The highest BCUT2D eigenvalue weighted by Gasteiger charge is 2.22. The Hall–Kier alpha value is -1.20. The van der Waals surface area contributed by atoms with E-state index >= 15 is 0 Å². The molecule has 0 atom stereocenters. The van der Waals surface area contributed by atoms with Gasteiger partial charge in [0, 0.05) is 19.8 Å². The van der Waals surface area contributed by atoms with E-state index in [4.69, 9.17) is 11.6 Å². The molecule has 1 heterocycles.